The Morgan fingerprint density at radius 3 is 2.64 bits per heavy atom. The lowest BCUT2D eigenvalue weighted by Crippen LogP contribution is -2.27. The van der Waals surface area contributed by atoms with Gasteiger partial charge in [0.15, 0.2) is 0 Å². The maximum Gasteiger partial charge on any atom is 0.387 e. The minimum Gasteiger partial charge on any atom is -0.490 e. The van der Waals surface area contributed by atoms with E-state index in [1.54, 1.807) is 30.3 Å². The molecule has 0 bridgehead atoms. The molecule has 1 amide bonds. The fraction of sp³-hybridized carbons (Fsp3) is 0.381. The van der Waals surface area contributed by atoms with E-state index in [0.29, 0.717) is 17.9 Å². The molecule has 1 saturated heterocycles. The van der Waals surface area contributed by atoms with Crippen molar-refractivity contribution in [3.63, 3.8) is 0 Å². The summed E-state index contributed by atoms with van der Waals surface area (Å²) in [5, 5.41) is 2.90. The van der Waals surface area contributed by atoms with E-state index in [2.05, 4.69) is 10.1 Å². The number of amides is 1. The maximum atomic E-state index is 12.7. The summed E-state index contributed by atoms with van der Waals surface area (Å²) >= 11 is 0. The molecule has 0 aromatic heterocycles. The van der Waals surface area contributed by atoms with E-state index >= 15 is 0 Å². The molecule has 7 heteroatoms. The van der Waals surface area contributed by atoms with Crippen molar-refractivity contribution in [3.05, 3.63) is 59.7 Å². The number of halogens is 2. The first-order valence-electron chi connectivity index (χ1n) is 9.22. The average molecular weight is 391 g/mol. The lowest BCUT2D eigenvalue weighted by molar-refractivity contribution is -0.0498. The van der Waals surface area contributed by atoms with Crippen LogP contribution in [0.4, 0.5) is 8.78 Å². The smallest absolute Gasteiger partial charge is 0.387 e. The number of rotatable bonds is 8. The average Bonchev–Trinajstić information content (AvgIpc) is 3.20. The first kappa shape index (κ1) is 20.1. The summed E-state index contributed by atoms with van der Waals surface area (Å²) in [6.07, 6.45) is 2.04. The standard InChI is InChI=1S/C21H23F2NO4/c1-14(15-8-10-16(11-9-15)28-21(22)23)24-20(25)18-6-2-3-7-19(18)27-13-17-5-4-12-26-17/h2-3,6-11,14,17,21H,4-5,12-13H2,1H3,(H,24,25). The highest BCUT2D eigenvalue weighted by atomic mass is 19.3. The Morgan fingerprint density at radius 1 is 1.21 bits per heavy atom. The van der Waals surface area contributed by atoms with E-state index in [-0.39, 0.29) is 23.8 Å². The van der Waals surface area contributed by atoms with Crippen LogP contribution in [-0.2, 0) is 4.74 Å². The topological polar surface area (TPSA) is 56.8 Å². The van der Waals surface area contributed by atoms with Crippen LogP contribution < -0.4 is 14.8 Å². The van der Waals surface area contributed by atoms with Gasteiger partial charge in [-0.05, 0) is 49.6 Å². The first-order chi connectivity index (χ1) is 13.5. The van der Waals surface area contributed by atoms with Crippen LogP contribution in [0.1, 0.15) is 41.7 Å². The number of hydrogen-bond acceptors (Lipinski definition) is 4. The zero-order valence-corrected chi connectivity index (χ0v) is 15.6. The number of benzene rings is 2. The van der Waals surface area contributed by atoms with Gasteiger partial charge in [0, 0.05) is 6.61 Å². The number of carbonyl (C=O) groups is 1. The minimum absolute atomic E-state index is 0.0593. The van der Waals surface area contributed by atoms with Crippen molar-refractivity contribution in [2.24, 2.45) is 0 Å². The molecule has 1 fully saturated rings. The van der Waals surface area contributed by atoms with Crippen molar-refractivity contribution >= 4 is 5.91 Å². The zero-order chi connectivity index (χ0) is 19.9. The third kappa shape index (κ3) is 5.42. The predicted molar refractivity (Wildman–Crippen MR) is 99.9 cm³/mol. The van der Waals surface area contributed by atoms with Gasteiger partial charge in [0.25, 0.3) is 5.91 Å². The number of alkyl halides is 2. The molecular weight excluding hydrogens is 368 g/mol. The van der Waals surface area contributed by atoms with Gasteiger partial charge >= 0.3 is 6.61 Å². The monoisotopic (exact) mass is 391 g/mol. The highest BCUT2D eigenvalue weighted by Gasteiger charge is 2.19. The van der Waals surface area contributed by atoms with E-state index in [4.69, 9.17) is 9.47 Å². The fourth-order valence-corrected chi connectivity index (χ4v) is 3.03. The van der Waals surface area contributed by atoms with Crippen LogP contribution in [0.5, 0.6) is 11.5 Å². The number of carbonyl (C=O) groups excluding carboxylic acids is 1. The number of ether oxygens (including phenoxy) is 3. The Morgan fingerprint density at radius 2 is 1.96 bits per heavy atom. The fourth-order valence-electron chi connectivity index (χ4n) is 3.03. The van der Waals surface area contributed by atoms with Crippen molar-refractivity contribution in [1.29, 1.82) is 0 Å². The van der Waals surface area contributed by atoms with Gasteiger partial charge in [-0.3, -0.25) is 4.79 Å². The summed E-state index contributed by atoms with van der Waals surface area (Å²) < 4.78 is 40.2. The number of para-hydroxylation sites is 1. The van der Waals surface area contributed by atoms with Gasteiger partial charge in [0.05, 0.1) is 17.7 Å². The lowest BCUT2D eigenvalue weighted by atomic mass is 10.1. The predicted octanol–water partition coefficient (Wildman–Crippen LogP) is 4.34. The molecule has 2 aromatic carbocycles. The molecule has 1 aliphatic rings. The van der Waals surface area contributed by atoms with Crippen LogP contribution in [0.25, 0.3) is 0 Å². The van der Waals surface area contributed by atoms with Crippen molar-refractivity contribution in [2.75, 3.05) is 13.2 Å². The van der Waals surface area contributed by atoms with E-state index < -0.39 is 6.61 Å². The Bertz CT molecular complexity index is 776. The molecule has 0 spiro atoms. The van der Waals surface area contributed by atoms with Gasteiger partial charge < -0.3 is 19.5 Å². The highest BCUT2D eigenvalue weighted by Crippen LogP contribution is 2.23. The van der Waals surface area contributed by atoms with Gasteiger partial charge in [-0.2, -0.15) is 8.78 Å². The van der Waals surface area contributed by atoms with Gasteiger partial charge in [-0.15, -0.1) is 0 Å². The molecule has 0 saturated carbocycles. The maximum absolute atomic E-state index is 12.7. The molecular formula is C21H23F2NO4. The quantitative estimate of drug-likeness (QED) is 0.727. The van der Waals surface area contributed by atoms with Crippen LogP contribution >= 0.6 is 0 Å². The molecule has 150 valence electrons. The van der Waals surface area contributed by atoms with Crippen molar-refractivity contribution < 1.29 is 27.8 Å². The SMILES string of the molecule is CC(NC(=O)c1ccccc1OCC1CCCO1)c1ccc(OC(F)F)cc1. The molecule has 1 N–H and O–H groups in total. The first-order valence-corrected chi connectivity index (χ1v) is 9.22. The Kier molecular flexibility index (Phi) is 6.81. The van der Waals surface area contributed by atoms with Crippen molar-refractivity contribution in [2.45, 2.75) is 38.5 Å². The summed E-state index contributed by atoms with van der Waals surface area (Å²) in [5.41, 5.74) is 1.21. The second kappa shape index (κ2) is 9.50. The molecule has 2 atom stereocenters. The second-order valence-electron chi connectivity index (χ2n) is 6.58. The largest absolute Gasteiger partial charge is 0.490 e. The summed E-state index contributed by atoms with van der Waals surface area (Å²) in [7, 11) is 0. The molecule has 5 nitrogen and oxygen atoms in total. The van der Waals surface area contributed by atoms with Crippen molar-refractivity contribution in [3.8, 4) is 11.5 Å². The lowest BCUT2D eigenvalue weighted by Gasteiger charge is -2.18. The van der Waals surface area contributed by atoms with Crippen LogP contribution in [0.15, 0.2) is 48.5 Å². The Labute approximate surface area is 162 Å². The van der Waals surface area contributed by atoms with E-state index in [1.165, 1.54) is 12.1 Å². The van der Waals surface area contributed by atoms with E-state index in [0.717, 1.165) is 25.0 Å². The highest BCUT2D eigenvalue weighted by molar-refractivity contribution is 5.97. The molecule has 0 radical (unpaired) electrons. The van der Waals surface area contributed by atoms with Gasteiger partial charge in [0.2, 0.25) is 0 Å². The van der Waals surface area contributed by atoms with Gasteiger partial charge in [0.1, 0.15) is 18.1 Å². The van der Waals surface area contributed by atoms with E-state index in [1.807, 2.05) is 13.0 Å². The second-order valence-corrected chi connectivity index (χ2v) is 6.58. The molecule has 1 aliphatic heterocycles. The summed E-state index contributed by atoms with van der Waals surface area (Å²) in [6.45, 7) is 0.103. The number of hydrogen-bond donors (Lipinski definition) is 1. The molecule has 0 aliphatic carbocycles. The molecule has 28 heavy (non-hydrogen) atoms. The molecule has 3 rings (SSSR count). The van der Waals surface area contributed by atoms with Crippen LogP contribution in [0.3, 0.4) is 0 Å². The minimum atomic E-state index is -2.87. The van der Waals surface area contributed by atoms with Gasteiger partial charge in [-0.25, -0.2) is 0 Å². The number of nitrogens with one attached hydrogen (secondary N) is 1. The van der Waals surface area contributed by atoms with Crippen LogP contribution in [0.2, 0.25) is 0 Å². The summed E-state index contributed by atoms with van der Waals surface area (Å²) in [5.74, 6) is 0.303. The van der Waals surface area contributed by atoms with Crippen LogP contribution in [-0.4, -0.2) is 31.8 Å². The van der Waals surface area contributed by atoms with E-state index in [9.17, 15) is 13.6 Å². The van der Waals surface area contributed by atoms with Gasteiger partial charge in [-0.1, -0.05) is 24.3 Å². The summed E-state index contributed by atoms with van der Waals surface area (Å²) in [4.78, 5) is 12.7. The normalized spacial score (nSPS) is 17.4. The Balaban J connectivity index is 1.62. The molecule has 2 aromatic rings. The third-order valence-electron chi connectivity index (χ3n) is 4.53. The third-order valence-corrected chi connectivity index (χ3v) is 4.53. The van der Waals surface area contributed by atoms with Crippen molar-refractivity contribution in [1.82, 2.24) is 5.32 Å². The summed E-state index contributed by atoms with van der Waals surface area (Å²) in [6, 6.07) is 12.9. The molecule has 2 unspecified atom stereocenters. The molecule has 1 heterocycles. The zero-order valence-electron chi connectivity index (χ0n) is 15.6. The Hall–Kier alpha value is -2.67. The van der Waals surface area contributed by atoms with Crippen LogP contribution in [0, 0.1) is 0 Å².